The number of anilines is 2. The quantitative estimate of drug-likeness (QED) is 0.0416. The van der Waals surface area contributed by atoms with Gasteiger partial charge in [-0.2, -0.15) is 4.31 Å². The molecule has 0 radical (unpaired) electrons. The lowest BCUT2D eigenvalue weighted by Gasteiger charge is -2.21. The van der Waals surface area contributed by atoms with Crippen LogP contribution in [-0.2, 0) is 34.0 Å². The number of benzene rings is 1. The zero-order valence-corrected chi connectivity index (χ0v) is 29.9. The number of aryl methyl sites for hydroxylation is 3. The zero-order valence-electron chi connectivity index (χ0n) is 27.5. The van der Waals surface area contributed by atoms with Crippen molar-refractivity contribution in [2.75, 3.05) is 36.2 Å². The molecule has 2 aromatic heterocycles. The smallest absolute Gasteiger partial charge is 0.434 e. The summed E-state index contributed by atoms with van der Waals surface area (Å²) in [6, 6.07) is 2.79. The number of thiophene rings is 1. The van der Waals surface area contributed by atoms with E-state index in [4.69, 9.17) is 30.3 Å². The molecule has 0 atom stereocenters. The number of sulfonamides is 1. The third kappa shape index (κ3) is 10.9. The van der Waals surface area contributed by atoms with Crippen LogP contribution in [0.2, 0.25) is 5.02 Å². The fraction of sp³-hybridized carbons (Fsp3) is 0.429. The first-order valence-electron chi connectivity index (χ1n) is 14.7. The SMILES string of the molecule is Cc1cc(C)c(OC(=O)CCCO[N+](=O)[O-])c(C)c1NC(=O)c1sccc1S(=O)(=O)N(COC(=O)OCCCCO[N+](=O)[O-])c1onc(C)c1Cl. The molecule has 0 saturated carbocycles. The van der Waals surface area contributed by atoms with Crippen LogP contribution in [0, 0.1) is 47.9 Å². The van der Waals surface area contributed by atoms with Gasteiger partial charge in [-0.15, -0.1) is 31.6 Å². The second kappa shape index (κ2) is 18.1. The number of hydrogen-bond donors (Lipinski definition) is 1. The molecule has 20 nitrogen and oxygen atoms in total. The minimum atomic E-state index is -4.76. The van der Waals surface area contributed by atoms with Crippen LogP contribution in [0.1, 0.15) is 57.7 Å². The molecule has 1 aromatic carbocycles. The third-order valence-corrected chi connectivity index (χ3v) is 9.96. The molecule has 0 spiro atoms. The summed E-state index contributed by atoms with van der Waals surface area (Å²) >= 11 is 7.04. The number of aromatic nitrogens is 1. The molecule has 1 amide bonds. The number of carbonyl (C=O) groups excluding carboxylic acids is 3. The van der Waals surface area contributed by atoms with Crippen molar-refractivity contribution < 1.29 is 61.4 Å². The van der Waals surface area contributed by atoms with Crippen molar-refractivity contribution in [3.8, 4) is 5.75 Å². The van der Waals surface area contributed by atoms with Gasteiger partial charge < -0.3 is 33.7 Å². The van der Waals surface area contributed by atoms with Gasteiger partial charge in [0.15, 0.2) is 6.73 Å². The number of esters is 1. The Hall–Kier alpha value is -5.22. The van der Waals surface area contributed by atoms with Crippen LogP contribution in [0.4, 0.5) is 16.4 Å². The number of amides is 1. The summed E-state index contributed by atoms with van der Waals surface area (Å²) in [4.78, 5) is 66.5. The van der Waals surface area contributed by atoms with Crippen molar-refractivity contribution in [3.63, 3.8) is 0 Å². The lowest BCUT2D eigenvalue weighted by Crippen LogP contribution is -2.35. The predicted molar refractivity (Wildman–Crippen MR) is 176 cm³/mol. The number of unbranched alkanes of at least 4 members (excludes halogenated alkanes) is 1. The van der Waals surface area contributed by atoms with Crippen LogP contribution < -0.4 is 14.4 Å². The predicted octanol–water partition coefficient (Wildman–Crippen LogP) is 5.06. The number of hydrogen-bond acceptors (Lipinski definition) is 17. The second-order valence-electron chi connectivity index (χ2n) is 10.4. The Morgan fingerprint density at radius 2 is 1.65 bits per heavy atom. The Balaban J connectivity index is 1.81. The molecule has 23 heteroatoms. The van der Waals surface area contributed by atoms with Crippen molar-refractivity contribution in [1.29, 1.82) is 0 Å². The molecule has 0 unspecified atom stereocenters. The van der Waals surface area contributed by atoms with E-state index >= 15 is 0 Å². The Kier molecular flexibility index (Phi) is 14.3. The fourth-order valence-electron chi connectivity index (χ4n) is 4.38. The fourth-order valence-corrected chi connectivity index (χ4v) is 7.17. The molecule has 2 heterocycles. The van der Waals surface area contributed by atoms with Crippen molar-refractivity contribution in [1.82, 2.24) is 5.16 Å². The molecule has 0 aliphatic heterocycles. The first-order chi connectivity index (χ1) is 24.0. The first-order valence-corrected chi connectivity index (χ1v) is 17.4. The van der Waals surface area contributed by atoms with Gasteiger partial charge in [0.2, 0.25) is 0 Å². The van der Waals surface area contributed by atoms with E-state index in [1.165, 1.54) is 12.3 Å². The summed E-state index contributed by atoms with van der Waals surface area (Å²) in [6.45, 7) is 4.60. The van der Waals surface area contributed by atoms with E-state index in [1.54, 1.807) is 26.8 Å². The molecule has 278 valence electrons. The molecule has 0 fully saturated rings. The normalized spacial score (nSPS) is 11.0. The maximum absolute atomic E-state index is 14.0. The van der Waals surface area contributed by atoms with E-state index in [-0.39, 0.29) is 72.5 Å². The van der Waals surface area contributed by atoms with Gasteiger partial charge in [-0.1, -0.05) is 22.8 Å². The van der Waals surface area contributed by atoms with E-state index in [9.17, 15) is 43.0 Å². The van der Waals surface area contributed by atoms with E-state index in [0.717, 1.165) is 17.4 Å². The van der Waals surface area contributed by atoms with Crippen LogP contribution in [-0.4, -0.2) is 68.3 Å². The molecular formula is C28H32ClN5O15S2. The minimum absolute atomic E-state index is 0.0225. The van der Waals surface area contributed by atoms with Gasteiger partial charge in [-0.05, 0) is 69.5 Å². The monoisotopic (exact) mass is 777 g/mol. The van der Waals surface area contributed by atoms with Gasteiger partial charge in [-0.3, -0.25) is 9.59 Å². The maximum atomic E-state index is 14.0. The van der Waals surface area contributed by atoms with Gasteiger partial charge in [0.05, 0.1) is 25.5 Å². The number of halogens is 1. The highest BCUT2D eigenvalue weighted by atomic mass is 35.5. The van der Waals surface area contributed by atoms with E-state index in [2.05, 4.69) is 20.1 Å². The van der Waals surface area contributed by atoms with Gasteiger partial charge in [0.25, 0.3) is 32.0 Å². The largest absolute Gasteiger partial charge is 0.510 e. The molecule has 0 saturated heterocycles. The summed E-state index contributed by atoms with van der Waals surface area (Å²) in [7, 11) is -4.76. The molecule has 51 heavy (non-hydrogen) atoms. The lowest BCUT2D eigenvalue weighted by molar-refractivity contribution is -0.757. The zero-order chi connectivity index (χ0) is 37.9. The Labute approximate surface area is 298 Å². The van der Waals surface area contributed by atoms with Crippen LogP contribution in [0.3, 0.4) is 0 Å². The van der Waals surface area contributed by atoms with Crippen LogP contribution in [0.15, 0.2) is 26.9 Å². The maximum Gasteiger partial charge on any atom is 0.510 e. The molecule has 1 N–H and O–H groups in total. The highest BCUT2D eigenvalue weighted by Crippen LogP contribution is 2.37. The molecule has 0 aliphatic carbocycles. The average molecular weight is 778 g/mol. The van der Waals surface area contributed by atoms with Crippen molar-refractivity contribution in [2.45, 2.75) is 58.3 Å². The summed E-state index contributed by atoms with van der Waals surface area (Å²) in [5.41, 5.74) is 1.79. The standard InChI is InChI=1S/C28H32ClN5O15S2/c1-16-14-17(2)24(48-21(35)8-7-12-47-34(40)41)18(3)23(16)30-26(36)25-20(9-13-50-25)51(42,43)32(27-22(29)19(4)31-49-27)15-45-28(37)44-10-5-6-11-46-33(38)39/h9,13-14H,5-8,10-12,15H2,1-4H3,(H,30,36). The minimum Gasteiger partial charge on any atom is -0.434 e. The van der Waals surface area contributed by atoms with Crippen molar-refractivity contribution in [2.24, 2.45) is 0 Å². The topological polar surface area (TPSA) is 259 Å². The third-order valence-electron chi connectivity index (χ3n) is 6.74. The number of ether oxygens (including phenoxy) is 3. The van der Waals surface area contributed by atoms with Crippen LogP contribution >= 0.6 is 22.9 Å². The van der Waals surface area contributed by atoms with Crippen molar-refractivity contribution in [3.05, 3.63) is 70.0 Å². The summed E-state index contributed by atoms with van der Waals surface area (Å²) in [5, 5.41) is 26.1. The summed E-state index contributed by atoms with van der Waals surface area (Å²) < 4.78 is 49.1. The average Bonchev–Trinajstić information content (AvgIpc) is 3.69. The molecule has 3 aromatic rings. The Morgan fingerprint density at radius 1 is 1.00 bits per heavy atom. The summed E-state index contributed by atoms with van der Waals surface area (Å²) in [5.74, 6) is -1.94. The molecule has 3 rings (SSSR count). The number of carbonyl (C=O) groups is 3. The lowest BCUT2D eigenvalue weighted by atomic mass is 10.0. The van der Waals surface area contributed by atoms with Crippen LogP contribution in [0.5, 0.6) is 5.75 Å². The highest BCUT2D eigenvalue weighted by Gasteiger charge is 2.36. The van der Waals surface area contributed by atoms with Crippen molar-refractivity contribution >= 4 is 62.6 Å². The number of nitrogens with zero attached hydrogens (tertiary/aromatic N) is 4. The van der Waals surface area contributed by atoms with Crippen LogP contribution in [0.25, 0.3) is 0 Å². The van der Waals surface area contributed by atoms with E-state index < -0.39 is 55.7 Å². The first kappa shape index (κ1) is 40.2. The van der Waals surface area contributed by atoms with E-state index in [0.29, 0.717) is 21.0 Å². The van der Waals surface area contributed by atoms with Gasteiger partial charge in [0.1, 0.15) is 26.2 Å². The van der Waals surface area contributed by atoms with Gasteiger partial charge >= 0.3 is 12.1 Å². The van der Waals surface area contributed by atoms with Gasteiger partial charge in [0, 0.05) is 12.0 Å². The highest BCUT2D eigenvalue weighted by molar-refractivity contribution is 7.93. The second-order valence-corrected chi connectivity index (χ2v) is 13.5. The Morgan fingerprint density at radius 3 is 2.27 bits per heavy atom. The molecular weight excluding hydrogens is 746 g/mol. The summed E-state index contributed by atoms with van der Waals surface area (Å²) in [6.07, 6.45) is -1.09. The molecule has 0 aliphatic rings. The number of nitrogens with one attached hydrogen (secondary N) is 1. The van der Waals surface area contributed by atoms with Gasteiger partial charge in [-0.25, -0.2) is 13.2 Å². The Bertz CT molecular complexity index is 1880. The molecule has 0 bridgehead atoms. The van der Waals surface area contributed by atoms with E-state index in [1.807, 2.05) is 0 Å². The number of rotatable bonds is 19.